The molecule has 0 saturated heterocycles. The predicted octanol–water partition coefficient (Wildman–Crippen LogP) is 5.20. The van der Waals surface area contributed by atoms with Gasteiger partial charge in [-0.3, -0.25) is 0 Å². The van der Waals surface area contributed by atoms with Crippen molar-refractivity contribution in [2.45, 2.75) is 6.18 Å². The van der Waals surface area contributed by atoms with Gasteiger partial charge in [-0.1, -0.05) is 23.4 Å². The molecule has 0 amide bonds. The second-order valence-electron chi connectivity index (χ2n) is 5.03. The quantitative estimate of drug-likeness (QED) is 0.608. The minimum absolute atomic E-state index is 0.0959. The molecule has 0 atom stereocenters. The van der Waals surface area contributed by atoms with Crippen molar-refractivity contribution in [3.8, 4) is 11.5 Å². The van der Waals surface area contributed by atoms with Gasteiger partial charge in [0, 0.05) is 0 Å². The van der Waals surface area contributed by atoms with Gasteiger partial charge >= 0.3 is 6.18 Å². The molecule has 3 aromatic rings. The largest absolute Gasteiger partial charge is 0.416 e. The molecule has 0 aliphatic carbocycles. The van der Waals surface area contributed by atoms with Crippen LogP contribution >= 0.6 is 0 Å². The zero-order chi connectivity index (χ0) is 18.0. The maximum atomic E-state index is 13.9. The van der Waals surface area contributed by atoms with Crippen LogP contribution in [-0.4, -0.2) is 10.1 Å². The molecule has 128 valence electrons. The maximum Gasteiger partial charge on any atom is 0.416 e. The number of nitrogens with zero attached hydrogens (tertiary/aromatic N) is 2. The summed E-state index contributed by atoms with van der Waals surface area (Å²) in [5.41, 5.74) is -0.667. The van der Waals surface area contributed by atoms with Gasteiger partial charge in [-0.15, -0.1) is 0 Å². The normalized spacial score (nSPS) is 12.0. The fraction of sp³-hybridized carbons (Fsp3) is 0.0588. The molecule has 1 aromatic heterocycles. The van der Waals surface area contributed by atoms with Crippen molar-refractivity contribution in [1.82, 2.24) is 10.1 Å². The topological polar surface area (TPSA) is 38.9 Å². The smallest absolute Gasteiger partial charge is 0.334 e. The molecule has 8 heteroatoms. The van der Waals surface area contributed by atoms with Gasteiger partial charge in [-0.05, 0) is 42.0 Å². The van der Waals surface area contributed by atoms with Gasteiger partial charge in [0.25, 0.3) is 5.89 Å². The fourth-order valence-electron chi connectivity index (χ4n) is 2.02. The molecule has 2 aromatic carbocycles. The molecule has 0 fully saturated rings. The molecular formula is C17H9F5N2O. The first-order valence-corrected chi connectivity index (χ1v) is 6.97. The lowest BCUT2D eigenvalue weighted by molar-refractivity contribution is -0.137. The van der Waals surface area contributed by atoms with Gasteiger partial charge in [-0.2, -0.15) is 18.2 Å². The second kappa shape index (κ2) is 6.46. The average molecular weight is 352 g/mol. The van der Waals surface area contributed by atoms with Crippen LogP contribution in [0.5, 0.6) is 0 Å². The SMILES string of the molecule is Fc1ccc(/C=C/c2noc(-c3ccc(C(F)(F)F)cc3F)n2)cc1. The monoisotopic (exact) mass is 352 g/mol. The van der Waals surface area contributed by atoms with Crippen LogP contribution in [0.15, 0.2) is 47.0 Å². The Hall–Kier alpha value is -3.03. The highest BCUT2D eigenvalue weighted by Crippen LogP contribution is 2.32. The number of benzene rings is 2. The Labute approximate surface area is 138 Å². The van der Waals surface area contributed by atoms with E-state index in [9.17, 15) is 22.0 Å². The van der Waals surface area contributed by atoms with Crippen molar-refractivity contribution in [2.75, 3.05) is 0 Å². The van der Waals surface area contributed by atoms with E-state index in [1.165, 1.54) is 30.3 Å². The van der Waals surface area contributed by atoms with Crippen LogP contribution in [0.2, 0.25) is 0 Å². The van der Waals surface area contributed by atoms with Gasteiger partial charge < -0.3 is 4.52 Å². The summed E-state index contributed by atoms with van der Waals surface area (Å²) in [4.78, 5) is 3.91. The van der Waals surface area contributed by atoms with E-state index in [2.05, 4.69) is 10.1 Å². The summed E-state index contributed by atoms with van der Waals surface area (Å²) >= 11 is 0. The summed E-state index contributed by atoms with van der Waals surface area (Å²) in [5.74, 6) is -1.65. The molecule has 0 unspecified atom stereocenters. The van der Waals surface area contributed by atoms with E-state index in [1.807, 2.05) is 0 Å². The van der Waals surface area contributed by atoms with E-state index >= 15 is 0 Å². The molecule has 3 rings (SSSR count). The molecule has 0 saturated carbocycles. The van der Waals surface area contributed by atoms with Crippen molar-refractivity contribution >= 4 is 12.2 Å². The molecule has 0 aliphatic rings. The molecule has 0 bridgehead atoms. The van der Waals surface area contributed by atoms with Crippen LogP contribution in [0.1, 0.15) is 17.0 Å². The molecule has 3 nitrogen and oxygen atoms in total. The van der Waals surface area contributed by atoms with E-state index in [-0.39, 0.29) is 23.1 Å². The van der Waals surface area contributed by atoms with Gasteiger partial charge in [0.15, 0.2) is 5.82 Å². The summed E-state index contributed by atoms with van der Waals surface area (Å²) in [7, 11) is 0. The molecule has 25 heavy (non-hydrogen) atoms. The third kappa shape index (κ3) is 3.90. The number of alkyl halides is 3. The molecule has 1 heterocycles. The number of hydrogen-bond donors (Lipinski definition) is 0. The third-order valence-corrected chi connectivity index (χ3v) is 3.26. The summed E-state index contributed by atoms with van der Waals surface area (Å²) < 4.78 is 69.2. The predicted molar refractivity (Wildman–Crippen MR) is 80.0 cm³/mol. The highest BCUT2D eigenvalue weighted by molar-refractivity contribution is 5.67. The van der Waals surface area contributed by atoms with E-state index in [0.717, 1.165) is 12.1 Å². The van der Waals surface area contributed by atoms with E-state index < -0.39 is 17.6 Å². The molecule has 0 radical (unpaired) electrons. The number of aromatic nitrogens is 2. The third-order valence-electron chi connectivity index (χ3n) is 3.26. The Morgan fingerprint density at radius 1 is 0.920 bits per heavy atom. The number of hydrogen-bond acceptors (Lipinski definition) is 3. The Bertz CT molecular complexity index is 914. The Morgan fingerprint density at radius 3 is 2.28 bits per heavy atom. The van der Waals surface area contributed by atoms with Crippen molar-refractivity contribution < 1.29 is 26.5 Å². The summed E-state index contributed by atoms with van der Waals surface area (Å²) in [6.45, 7) is 0. The van der Waals surface area contributed by atoms with E-state index in [1.54, 1.807) is 6.08 Å². The minimum atomic E-state index is -4.64. The van der Waals surface area contributed by atoms with Gasteiger partial charge in [0.05, 0.1) is 11.1 Å². The first-order chi connectivity index (χ1) is 11.8. The fourth-order valence-corrected chi connectivity index (χ4v) is 2.02. The first kappa shape index (κ1) is 16.8. The zero-order valence-electron chi connectivity index (χ0n) is 12.4. The van der Waals surface area contributed by atoms with Gasteiger partial charge in [-0.25, -0.2) is 8.78 Å². The highest BCUT2D eigenvalue weighted by atomic mass is 19.4. The zero-order valence-corrected chi connectivity index (χ0v) is 12.4. The number of halogens is 5. The van der Waals surface area contributed by atoms with Gasteiger partial charge in [0.2, 0.25) is 0 Å². The maximum absolute atomic E-state index is 13.9. The highest BCUT2D eigenvalue weighted by Gasteiger charge is 2.31. The Balaban J connectivity index is 1.83. The minimum Gasteiger partial charge on any atom is -0.334 e. The van der Waals surface area contributed by atoms with Crippen LogP contribution < -0.4 is 0 Å². The van der Waals surface area contributed by atoms with Crippen LogP contribution in [-0.2, 0) is 6.18 Å². The van der Waals surface area contributed by atoms with Crippen molar-refractivity contribution in [2.24, 2.45) is 0 Å². The van der Waals surface area contributed by atoms with Crippen LogP contribution in [0.25, 0.3) is 23.6 Å². The van der Waals surface area contributed by atoms with E-state index in [4.69, 9.17) is 4.52 Å². The average Bonchev–Trinajstić information content (AvgIpc) is 3.02. The van der Waals surface area contributed by atoms with Crippen LogP contribution in [0.4, 0.5) is 22.0 Å². The lowest BCUT2D eigenvalue weighted by atomic mass is 10.1. The second-order valence-corrected chi connectivity index (χ2v) is 5.03. The molecule has 0 aliphatic heterocycles. The first-order valence-electron chi connectivity index (χ1n) is 6.97. The lowest BCUT2D eigenvalue weighted by Crippen LogP contribution is -2.05. The van der Waals surface area contributed by atoms with E-state index in [0.29, 0.717) is 11.6 Å². The van der Waals surface area contributed by atoms with Crippen LogP contribution in [0, 0.1) is 11.6 Å². The Morgan fingerprint density at radius 2 is 1.64 bits per heavy atom. The van der Waals surface area contributed by atoms with Crippen molar-refractivity contribution in [3.05, 3.63) is 71.1 Å². The molecule has 0 spiro atoms. The standard InChI is InChI=1S/C17H9F5N2O/c18-12-5-1-10(2-6-12)3-8-15-23-16(25-24-15)13-7-4-11(9-14(13)19)17(20,21)22/h1-9H/b8-3+. The molecule has 0 N–H and O–H groups in total. The summed E-state index contributed by atoms with van der Waals surface area (Å²) in [6.07, 6.45) is -1.61. The Kier molecular flexibility index (Phi) is 4.35. The van der Waals surface area contributed by atoms with Gasteiger partial charge in [0.1, 0.15) is 11.6 Å². The summed E-state index contributed by atoms with van der Waals surface area (Å²) in [5, 5.41) is 3.60. The van der Waals surface area contributed by atoms with Crippen molar-refractivity contribution in [3.63, 3.8) is 0 Å². The number of rotatable bonds is 3. The van der Waals surface area contributed by atoms with Crippen LogP contribution in [0.3, 0.4) is 0 Å². The molecular weight excluding hydrogens is 343 g/mol. The summed E-state index contributed by atoms with van der Waals surface area (Å²) in [6, 6.07) is 7.64. The van der Waals surface area contributed by atoms with Crippen molar-refractivity contribution in [1.29, 1.82) is 0 Å². The lowest BCUT2D eigenvalue weighted by Gasteiger charge is -2.07.